The Bertz CT molecular complexity index is 859. The lowest BCUT2D eigenvalue weighted by Crippen LogP contribution is -2.43. The third-order valence-corrected chi connectivity index (χ3v) is 4.09. The molecule has 0 aliphatic heterocycles. The predicted octanol–water partition coefficient (Wildman–Crippen LogP) is 3.52. The molecule has 1 aromatic carbocycles. The van der Waals surface area contributed by atoms with Gasteiger partial charge in [-0.15, -0.1) is 12.3 Å². The highest BCUT2D eigenvalue weighted by molar-refractivity contribution is 5.76. The molecule has 2 nitrogen and oxygen atoms in total. The highest BCUT2D eigenvalue weighted by Gasteiger charge is 2.23. The summed E-state index contributed by atoms with van der Waals surface area (Å²) >= 11 is 0. The molecule has 0 fully saturated rings. The van der Waals surface area contributed by atoms with Crippen LogP contribution in [0, 0.1) is 12.3 Å². The van der Waals surface area contributed by atoms with E-state index in [4.69, 9.17) is 6.42 Å². The van der Waals surface area contributed by atoms with Gasteiger partial charge < -0.3 is 0 Å². The van der Waals surface area contributed by atoms with Gasteiger partial charge in [0.05, 0.1) is 6.42 Å². The molecule has 23 heavy (non-hydrogen) atoms. The third-order valence-electron chi connectivity index (χ3n) is 4.09. The molecule has 0 spiro atoms. The molecular weight excluding hydrogens is 280 g/mol. The van der Waals surface area contributed by atoms with Crippen LogP contribution >= 0.6 is 0 Å². The normalized spacial score (nSPS) is 10.6. The third kappa shape index (κ3) is 3.10. The first-order chi connectivity index (χ1) is 11.3. The number of nitrogens with zero attached hydrogens (tertiary/aromatic N) is 2. The van der Waals surface area contributed by atoms with E-state index in [-0.39, 0.29) is 0 Å². The molecule has 3 rings (SSSR count). The Kier molecular flexibility index (Phi) is 4.68. The fraction of sp³-hybridized carbons (Fsp3) is 0.238. The summed E-state index contributed by atoms with van der Waals surface area (Å²) in [5.74, 6) is 2.74. The van der Waals surface area contributed by atoms with E-state index in [9.17, 15) is 0 Å². The van der Waals surface area contributed by atoms with Crippen LogP contribution in [0.2, 0.25) is 0 Å². The number of benzene rings is 1. The summed E-state index contributed by atoms with van der Waals surface area (Å²) in [6.07, 6.45) is 9.40. The summed E-state index contributed by atoms with van der Waals surface area (Å²) in [5, 5.41) is 1.27. The minimum absolute atomic E-state index is 0.739. The molecule has 2 heterocycles. The van der Waals surface area contributed by atoms with Gasteiger partial charge in [-0.05, 0) is 18.2 Å². The zero-order valence-corrected chi connectivity index (χ0v) is 13.6. The maximum atomic E-state index is 5.45. The van der Waals surface area contributed by atoms with E-state index in [2.05, 4.69) is 82.8 Å². The van der Waals surface area contributed by atoms with Crippen molar-refractivity contribution in [1.82, 2.24) is 0 Å². The van der Waals surface area contributed by atoms with E-state index in [0.29, 0.717) is 0 Å². The van der Waals surface area contributed by atoms with Gasteiger partial charge in [-0.3, -0.25) is 0 Å². The van der Waals surface area contributed by atoms with Gasteiger partial charge in [0.15, 0.2) is 12.7 Å². The number of fused-ring (bicyclic) bond motifs is 1. The van der Waals surface area contributed by atoms with Gasteiger partial charge in [-0.1, -0.05) is 19.1 Å². The van der Waals surface area contributed by atoms with Crippen molar-refractivity contribution in [2.75, 3.05) is 0 Å². The summed E-state index contributed by atoms with van der Waals surface area (Å²) in [5.41, 5.74) is 3.73. The molecule has 0 amide bonds. The van der Waals surface area contributed by atoms with Gasteiger partial charge in [0, 0.05) is 36.1 Å². The molecule has 0 aliphatic carbocycles. The molecule has 3 aromatic rings. The SMILES string of the molecule is C#CCC[n+]1ccccc1-c1ccc2ccccc2[n+]1CCC. The lowest BCUT2D eigenvalue weighted by molar-refractivity contribution is -0.704. The predicted molar refractivity (Wildman–Crippen MR) is 93.5 cm³/mol. The number of rotatable bonds is 5. The Morgan fingerprint density at radius 2 is 1.74 bits per heavy atom. The molecule has 2 aromatic heterocycles. The lowest BCUT2D eigenvalue weighted by Gasteiger charge is -2.06. The van der Waals surface area contributed by atoms with Gasteiger partial charge in [0.2, 0.25) is 5.52 Å². The zero-order valence-electron chi connectivity index (χ0n) is 13.6. The largest absolute Gasteiger partial charge is 0.277 e. The first-order valence-electron chi connectivity index (χ1n) is 8.19. The summed E-state index contributed by atoms with van der Waals surface area (Å²) in [7, 11) is 0. The Morgan fingerprint density at radius 3 is 2.57 bits per heavy atom. The van der Waals surface area contributed by atoms with Crippen LogP contribution in [0.3, 0.4) is 0 Å². The Hall–Kier alpha value is -2.66. The lowest BCUT2D eigenvalue weighted by atomic mass is 10.1. The molecule has 0 N–H and O–H groups in total. The van der Waals surface area contributed by atoms with Gasteiger partial charge in [0.25, 0.3) is 11.4 Å². The van der Waals surface area contributed by atoms with Gasteiger partial charge in [0.1, 0.15) is 6.54 Å². The van der Waals surface area contributed by atoms with Crippen LogP contribution < -0.4 is 9.13 Å². The Morgan fingerprint density at radius 1 is 0.913 bits per heavy atom. The van der Waals surface area contributed by atoms with Crippen molar-refractivity contribution >= 4 is 10.9 Å². The van der Waals surface area contributed by atoms with Crippen molar-refractivity contribution < 1.29 is 9.13 Å². The number of aromatic nitrogens is 2. The van der Waals surface area contributed by atoms with Crippen molar-refractivity contribution in [3.05, 3.63) is 60.8 Å². The summed E-state index contributed by atoms with van der Waals surface area (Å²) in [6, 6.07) is 19.3. The van der Waals surface area contributed by atoms with Crippen molar-refractivity contribution in [2.45, 2.75) is 32.9 Å². The second kappa shape index (κ2) is 7.07. The smallest absolute Gasteiger partial charge is 0.192 e. The molecule has 0 saturated carbocycles. The Labute approximate surface area is 138 Å². The van der Waals surface area contributed by atoms with E-state index >= 15 is 0 Å². The van der Waals surface area contributed by atoms with Gasteiger partial charge >= 0.3 is 0 Å². The monoisotopic (exact) mass is 302 g/mol. The number of hydrogen-bond acceptors (Lipinski definition) is 0. The summed E-state index contributed by atoms with van der Waals surface area (Å²) in [4.78, 5) is 0. The van der Waals surface area contributed by atoms with Crippen LogP contribution in [-0.4, -0.2) is 0 Å². The average molecular weight is 302 g/mol. The standard InChI is InChI=1S/C21H22N2/c1-3-5-16-22-17-9-8-12-20(22)21-14-13-18-10-6-7-11-19(18)23(21)15-4-2/h1,6-14,17H,4-5,15-16H2,2H3/q+2. The fourth-order valence-electron chi connectivity index (χ4n) is 3.04. The van der Waals surface area contributed by atoms with Crippen LogP contribution in [-0.2, 0) is 13.1 Å². The van der Waals surface area contributed by atoms with Gasteiger partial charge in [-0.2, -0.15) is 9.13 Å². The highest BCUT2D eigenvalue weighted by Crippen LogP contribution is 2.17. The molecule has 0 aliphatic rings. The maximum Gasteiger partial charge on any atom is 0.277 e. The van der Waals surface area contributed by atoms with Crippen molar-refractivity contribution in [3.63, 3.8) is 0 Å². The highest BCUT2D eigenvalue weighted by atomic mass is 15.0. The van der Waals surface area contributed by atoms with E-state index < -0.39 is 0 Å². The van der Waals surface area contributed by atoms with Crippen molar-refractivity contribution in [3.8, 4) is 23.7 Å². The maximum absolute atomic E-state index is 5.45. The number of terminal acetylenes is 1. The van der Waals surface area contributed by atoms with E-state index in [1.54, 1.807) is 0 Å². The van der Waals surface area contributed by atoms with Crippen LogP contribution in [0.5, 0.6) is 0 Å². The summed E-state index contributed by atoms with van der Waals surface area (Å²) in [6.45, 7) is 4.06. The Balaban J connectivity index is 2.20. The molecular formula is C21H22N2+2. The molecule has 0 bridgehead atoms. The second-order valence-electron chi connectivity index (χ2n) is 5.66. The number of hydrogen-bond donors (Lipinski definition) is 0. The summed E-state index contributed by atoms with van der Waals surface area (Å²) < 4.78 is 4.66. The molecule has 2 heteroatoms. The van der Waals surface area contributed by atoms with Crippen LogP contribution in [0.4, 0.5) is 0 Å². The van der Waals surface area contributed by atoms with E-state index in [0.717, 1.165) is 25.9 Å². The second-order valence-corrected chi connectivity index (χ2v) is 5.66. The first-order valence-corrected chi connectivity index (χ1v) is 8.19. The first kappa shape index (κ1) is 15.2. The minimum atomic E-state index is 0.739. The average Bonchev–Trinajstić information content (AvgIpc) is 2.61. The zero-order chi connectivity index (χ0) is 16.1. The molecule has 0 atom stereocenters. The van der Waals surface area contributed by atoms with Crippen LogP contribution in [0.25, 0.3) is 22.3 Å². The van der Waals surface area contributed by atoms with Crippen LogP contribution in [0.1, 0.15) is 19.8 Å². The van der Waals surface area contributed by atoms with Crippen LogP contribution in [0.15, 0.2) is 60.8 Å². The molecule has 114 valence electrons. The quantitative estimate of drug-likeness (QED) is 0.503. The topological polar surface area (TPSA) is 7.76 Å². The minimum Gasteiger partial charge on any atom is -0.192 e. The molecule has 0 unspecified atom stereocenters. The van der Waals surface area contributed by atoms with E-state index in [1.807, 2.05) is 0 Å². The number of aryl methyl sites for hydroxylation is 2. The van der Waals surface area contributed by atoms with Crippen molar-refractivity contribution in [1.29, 1.82) is 0 Å². The molecule has 0 radical (unpaired) electrons. The number of pyridine rings is 2. The van der Waals surface area contributed by atoms with Gasteiger partial charge in [-0.25, -0.2) is 0 Å². The van der Waals surface area contributed by atoms with E-state index in [1.165, 1.54) is 22.3 Å². The fourth-order valence-corrected chi connectivity index (χ4v) is 3.04. The molecule has 0 saturated heterocycles. The van der Waals surface area contributed by atoms with Crippen molar-refractivity contribution in [2.24, 2.45) is 0 Å². The number of para-hydroxylation sites is 1.